The molecule has 0 aromatic rings. The van der Waals surface area contributed by atoms with E-state index >= 15 is 0 Å². The maximum atomic E-state index is 12.0. The third kappa shape index (κ3) is 5.77. The fraction of sp³-hybridized carbons (Fsp3) is 0.867. The summed E-state index contributed by atoms with van der Waals surface area (Å²) in [7, 11) is 0. The van der Waals surface area contributed by atoms with Gasteiger partial charge in [-0.25, -0.2) is 0 Å². The van der Waals surface area contributed by atoms with Crippen LogP contribution in [-0.4, -0.2) is 72.4 Å². The van der Waals surface area contributed by atoms with Crippen LogP contribution in [0.5, 0.6) is 0 Å². The third-order valence-corrected chi connectivity index (χ3v) is 4.57. The van der Waals surface area contributed by atoms with E-state index in [0.29, 0.717) is 5.25 Å². The molecule has 1 rings (SSSR count). The Kier molecular flexibility index (Phi) is 7.93. The Labute approximate surface area is 133 Å². The summed E-state index contributed by atoms with van der Waals surface area (Å²) >= 11 is 1.83. The summed E-state index contributed by atoms with van der Waals surface area (Å²) in [5.41, 5.74) is 0. The number of nitrogens with one attached hydrogen (secondary N) is 1. The molecule has 21 heavy (non-hydrogen) atoms. The van der Waals surface area contributed by atoms with Crippen LogP contribution in [0.1, 0.15) is 27.7 Å². The first-order chi connectivity index (χ1) is 9.99. The van der Waals surface area contributed by atoms with E-state index in [4.69, 9.17) is 4.99 Å². The Morgan fingerprint density at radius 3 is 2.24 bits per heavy atom. The van der Waals surface area contributed by atoms with Gasteiger partial charge in [-0.3, -0.25) is 9.79 Å². The highest BCUT2D eigenvalue weighted by molar-refractivity contribution is 7.99. The summed E-state index contributed by atoms with van der Waals surface area (Å²) in [6, 6.07) is 0. The zero-order chi connectivity index (χ0) is 15.8. The zero-order valence-corrected chi connectivity index (χ0v) is 14.9. The number of nitrogens with zero attached hydrogens (tertiary/aromatic N) is 3. The van der Waals surface area contributed by atoms with Crippen molar-refractivity contribution >= 4 is 23.6 Å². The minimum absolute atomic E-state index is 0.0842. The Morgan fingerprint density at radius 2 is 1.76 bits per heavy atom. The van der Waals surface area contributed by atoms with Crippen molar-refractivity contribution in [1.29, 1.82) is 0 Å². The summed E-state index contributed by atoms with van der Waals surface area (Å²) in [6.45, 7) is 13.2. The van der Waals surface area contributed by atoms with Gasteiger partial charge in [0.15, 0.2) is 5.96 Å². The average molecular weight is 314 g/mol. The Hall–Kier alpha value is -0.910. The number of thioether (sulfide) groups is 1. The van der Waals surface area contributed by atoms with Gasteiger partial charge in [0.05, 0.1) is 6.54 Å². The SMILES string of the molecule is CCNC(=NCC(C)SC)N1CCN(C(=O)C(C)C)CC1. The van der Waals surface area contributed by atoms with Crippen molar-refractivity contribution in [2.75, 3.05) is 45.5 Å². The number of aliphatic imine (C=N–C) groups is 1. The van der Waals surface area contributed by atoms with E-state index in [9.17, 15) is 4.79 Å². The number of carbonyl (C=O) groups excluding carboxylic acids is 1. The maximum Gasteiger partial charge on any atom is 0.225 e. The molecule has 1 unspecified atom stereocenters. The van der Waals surface area contributed by atoms with E-state index in [-0.39, 0.29) is 11.8 Å². The first-order valence-electron chi connectivity index (χ1n) is 7.84. The number of piperazine rings is 1. The summed E-state index contributed by atoms with van der Waals surface area (Å²) in [5.74, 6) is 1.32. The average Bonchev–Trinajstić information content (AvgIpc) is 2.50. The van der Waals surface area contributed by atoms with Gasteiger partial charge in [0, 0.05) is 43.9 Å². The van der Waals surface area contributed by atoms with E-state index in [1.54, 1.807) is 0 Å². The summed E-state index contributed by atoms with van der Waals surface area (Å²) in [5, 5.41) is 3.89. The highest BCUT2D eigenvalue weighted by Gasteiger charge is 2.24. The number of carbonyl (C=O) groups is 1. The fourth-order valence-corrected chi connectivity index (χ4v) is 2.44. The van der Waals surface area contributed by atoms with Gasteiger partial charge >= 0.3 is 0 Å². The Morgan fingerprint density at radius 1 is 1.19 bits per heavy atom. The predicted octanol–water partition coefficient (Wildman–Crippen LogP) is 1.50. The van der Waals surface area contributed by atoms with E-state index in [0.717, 1.165) is 45.2 Å². The van der Waals surface area contributed by atoms with Crippen LogP contribution in [0.3, 0.4) is 0 Å². The lowest BCUT2D eigenvalue weighted by Gasteiger charge is -2.37. The molecule has 1 aliphatic heterocycles. The summed E-state index contributed by atoms with van der Waals surface area (Å²) in [6.07, 6.45) is 2.11. The molecule has 1 saturated heterocycles. The fourth-order valence-electron chi connectivity index (χ4n) is 2.22. The van der Waals surface area contributed by atoms with Crippen LogP contribution >= 0.6 is 11.8 Å². The molecule has 0 aromatic carbocycles. The van der Waals surface area contributed by atoms with E-state index < -0.39 is 0 Å². The second-order valence-corrected chi connectivity index (χ2v) is 6.98. The molecular weight excluding hydrogens is 284 g/mol. The van der Waals surface area contributed by atoms with Crippen LogP contribution in [0.2, 0.25) is 0 Å². The molecule has 1 heterocycles. The van der Waals surface area contributed by atoms with Crippen molar-refractivity contribution in [3.05, 3.63) is 0 Å². The molecule has 1 N–H and O–H groups in total. The second kappa shape index (κ2) is 9.18. The number of rotatable bonds is 5. The van der Waals surface area contributed by atoms with Crippen molar-refractivity contribution in [2.24, 2.45) is 10.9 Å². The minimum Gasteiger partial charge on any atom is -0.357 e. The van der Waals surface area contributed by atoms with Crippen molar-refractivity contribution in [3.63, 3.8) is 0 Å². The van der Waals surface area contributed by atoms with Gasteiger partial charge in [-0.1, -0.05) is 20.8 Å². The molecule has 0 aliphatic carbocycles. The lowest BCUT2D eigenvalue weighted by atomic mass is 10.1. The first kappa shape index (κ1) is 18.1. The predicted molar refractivity (Wildman–Crippen MR) is 91.9 cm³/mol. The van der Waals surface area contributed by atoms with Crippen molar-refractivity contribution in [2.45, 2.75) is 32.9 Å². The lowest BCUT2D eigenvalue weighted by molar-refractivity contribution is -0.135. The smallest absolute Gasteiger partial charge is 0.225 e. The molecule has 0 radical (unpaired) electrons. The number of guanidine groups is 1. The van der Waals surface area contributed by atoms with Crippen LogP contribution in [-0.2, 0) is 4.79 Å². The van der Waals surface area contributed by atoms with Crippen molar-refractivity contribution in [3.8, 4) is 0 Å². The topological polar surface area (TPSA) is 47.9 Å². The highest BCUT2D eigenvalue weighted by Crippen LogP contribution is 2.09. The van der Waals surface area contributed by atoms with Gasteiger partial charge in [-0.15, -0.1) is 0 Å². The standard InChI is InChI=1S/C15H30N4OS/c1-6-16-15(17-11-13(4)21-5)19-9-7-18(8-10-19)14(20)12(2)3/h12-13H,6-11H2,1-5H3,(H,16,17). The van der Waals surface area contributed by atoms with Gasteiger partial charge in [0.1, 0.15) is 0 Å². The Bertz CT molecular complexity index is 352. The van der Waals surface area contributed by atoms with Gasteiger partial charge in [0.2, 0.25) is 5.91 Å². The molecule has 1 fully saturated rings. The minimum atomic E-state index is 0.0842. The number of hydrogen-bond acceptors (Lipinski definition) is 3. The molecule has 122 valence electrons. The molecule has 1 atom stereocenters. The van der Waals surface area contributed by atoms with Gasteiger partial charge in [-0.2, -0.15) is 11.8 Å². The molecular formula is C15H30N4OS. The van der Waals surface area contributed by atoms with Gasteiger partial charge < -0.3 is 15.1 Å². The second-order valence-electron chi connectivity index (χ2n) is 5.71. The van der Waals surface area contributed by atoms with Crippen LogP contribution in [0, 0.1) is 5.92 Å². The normalized spacial score (nSPS) is 18.1. The quantitative estimate of drug-likeness (QED) is 0.617. The number of amides is 1. The molecule has 1 aliphatic rings. The summed E-state index contributed by atoms with van der Waals surface area (Å²) < 4.78 is 0. The molecule has 0 bridgehead atoms. The van der Waals surface area contributed by atoms with Crippen LogP contribution in [0.15, 0.2) is 4.99 Å². The van der Waals surface area contributed by atoms with E-state index in [1.807, 2.05) is 30.5 Å². The van der Waals surface area contributed by atoms with Gasteiger partial charge in [0.25, 0.3) is 0 Å². The molecule has 1 amide bonds. The van der Waals surface area contributed by atoms with Crippen LogP contribution < -0.4 is 5.32 Å². The van der Waals surface area contributed by atoms with Crippen molar-refractivity contribution in [1.82, 2.24) is 15.1 Å². The third-order valence-electron chi connectivity index (χ3n) is 3.62. The van der Waals surface area contributed by atoms with Crippen molar-refractivity contribution < 1.29 is 4.79 Å². The Balaban J connectivity index is 2.57. The zero-order valence-electron chi connectivity index (χ0n) is 14.1. The lowest BCUT2D eigenvalue weighted by Crippen LogP contribution is -2.54. The van der Waals surface area contributed by atoms with Crippen LogP contribution in [0.4, 0.5) is 0 Å². The summed E-state index contributed by atoms with van der Waals surface area (Å²) in [4.78, 5) is 21.0. The van der Waals surface area contributed by atoms with Crippen LogP contribution in [0.25, 0.3) is 0 Å². The van der Waals surface area contributed by atoms with E-state index in [1.165, 1.54) is 0 Å². The molecule has 6 heteroatoms. The van der Waals surface area contributed by atoms with Gasteiger partial charge in [-0.05, 0) is 13.2 Å². The monoisotopic (exact) mass is 314 g/mol. The largest absolute Gasteiger partial charge is 0.357 e. The molecule has 0 spiro atoms. The highest BCUT2D eigenvalue weighted by atomic mass is 32.2. The molecule has 0 aromatic heterocycles. The molecule has 5 nitrogen and oxygen atoms in total. The molecule has 0 saturated carbocycles. The maximum absolute atomic E-state index is 12.0. The number of hydrogen-bond donors (Lipinski definition) is 1. The van der Waals surface area contributed by atoms with E-state index in [2.05, 4.69) is 30.3 Å². The first-order valence-corrected chi connectivity index (χ1v) is 9.13.